The number of nitro groups is 1. The molecule has 0 saturated carbocycles. The molecule has 0 atom stereocenters. The minimum atomic E-state index is -0.567. The lowest BCUT2D eigenvalue weighted by Gasteiger charge is -2.10. The second kappa shape index (κ2) is 5.76. The molecule has 116 valence electrons. The summed E-state index contributed by atoms with van der Waals surface area (Å²) in [6.45, 7) is 0. The first kappa shape index (κ1) is 14.5. The summed E-state index contributed by atoms with van der Waals surface area (Å²) < 4.78 is 6.55. The van der Waals surface area contributed by atoms with Gasteiger partial charge in [-0.3, -0.25) is 20.3 Å². The Bertz CT molecular complexity index is 903. The van der Waals surface area contributed by atoms with Crippen LogP contribution in [0.15, 0.2) is 48.8 Å². The highest BCUT2D eigenvalue weighted by atomic mass is 16.6. The van der Waals surface area contributed by atoms with Crippen LogP contribution in [0.4, 0.5) is 5.69 Å². The molecule has 23 heavy (non-hydrogen) atoms. The molecule has 1 amide bonds. The Kier molecular flexibility index (Phi) is 3.63. The fourth-order valence-electron chi connectivity index (χ4n) is 2.20. The summed E-state index contributed by atoms with van der Waals surface area (Å²) >= 11 is 0. The summed E-state index contributed by atoms with van der Waals surface area (Å²) in [6.07, 6.45) is 1.46. The summed E-state index contributed by atoms with van der Waals surface area (Å²) in [5.74, 6) is -0.286. The number of aromatic nitrogens is 2. The first-order chi connectivity index (χ1) is 11.1. The number of hydrogen-bond acceptors (Lipinski definition) is 5. The van der Waals surface area contributed by atoms with E-state index in [0.29, 0.717) is 5.52 Å². The third-order valence-electron chi connectivity index (χ3n) is 3.31. The number of hydrogen-bond donors (Lipinski definition) is 1. The predicted molar refractivity (Wildman–Crippen MR) is 83.1 cm³/mol. The van der Waals surface area contributed by atoms with Crippen molar-refractivity contribution in [2.24, 2.45) is 0 Å². The molecule has 0 aliphatic heterocycles. The first-order valence-corrected chi connectivity index (χ1v) is 6.66. The number of nitrogens with zero attached hydrogens (tertiary/aromatic N) is 3. The molecule has 8 nitrogen and oxygen atoms in total. The van der Waals surface area contributed by atoms with E-state index in [9.17, 15) is 14.9 Å². The van der Waals surface area contributed by atoms with Gasteiger partial charge in [0.1, 0.15) is 12.1 Å². The SMILES string of the molecule is COc1ccc([N+](=O)[O-])cc1C(=O)Nn1cnc2ccccc21. The van der Waals surface area contributed by atoms with Gasteiger partial charge in [0.2, 0.25) is 0 Å². The van der Waals surface area contributed by atoms with Gasteiger partial charge in [-0.25, -0.2) is 9.66 Å². The smallest absolute Gasteiger partial charge is 0.274 e. The van der Waals surface area contributed by atoms with Gasteiger partial charge in [0.25, 0.3) is 11.6 Å². The number of rotatable bonds is 4. The van der Waals surface area contributed by atoms with Gasteiger partial charge in [-0.05, 0) is 18.2 Å². The number of carbonyl (C=O) groups excluding carboxylic acids is 1. The van der Waals surface area contributed by atoms with Gasteiger partial charge >= 0.3 is 0 Å². The molecule has 1 N–H and O–H groups in total. The van der Waals surface area contributed by atoms with Gasteiger partial charge in [-0.15, -0.1) is 0 Å². The largest absolute Gasteiger partial charge is 0.496 e. The van der Waals surface area contributed by atoms with Crippen molar-refractivity contribution in [3.8, 4) is 5.75 Å². The van der Waals surface area contributed by atoms with Crippen molar-refractivity contribution in [2.75, 3.05) is 12.5 Å². The van der Waals surface area contributed by atoms with Crippen molar-refractivity contribution in [1.29, 1.82) is 0 Å². The lowest BCUT2D eigenvalue weighted by atomic mass is 10.1. The monoisotopic (exact) mass is 312 g/mol. The zero-order valence-electron chi connectivity index (χ0n) is 12.1. The molecule has 3 rings (SSSR count). The fraction of sp³-hybridized carbons (Fsp3) is 0.0667. The van der Waals surface area contributed by atoms with E-state index >= 15 is 0 Å². The van der Waals surface area contributed by atoms with Crippen molar-refractivity contribution in [2.45, 2.75) is 0 Å². The zero-order chi connectivity index (χ0) is 16.4. The number of amides is 1. The highest BCUT2D eigenvalue weighted by Crippen LogP contribution is 2.24. The molecular weight excluding hydrogens is 300 g/mol. The van der Waals surface area contributed by atoms with E-state index in [0.717, 1.165) is 5.52 Å². The Morgan fingerprint density at radius 2 is 2.09 bits per heavy atom. The standard InChI is InChI=1S/C15H12N4O4/c1-23-14-7-6-10(19(21)22)8-11(14)15(20)17-18-9-16-12-4-2-3-5-13(12)18/h2-9H,1H3,(H,17,20). The summed E-state index contributed by atoms with van der Waals surface area (Å²) in [6, 6.07) is 11.1. The maximum absolute atomic E-state index is 12.4. The van der Waals surface area contributed by atoms with E-state index in [4.69, 9.17) is 4.74 Å². The Balaban J connectivity index is 1.97. The van der Waals surface area contributed by atoms with Crippen molar-refractivity contribution >= 4 is 22.6 Å². The summed E-state index contributed by atoms with van der Waals surface area (Å²) in [4.78, 5) is 26.9. The van der Waals surface area contributed by atoms with Gasteiger partial charge < -0.3 is 4.74 Å². The number of para-hydroxylation sites is 2. The third kappa shape index (κ3) is 2.69. The molecule has 0 fully saturated rings. The number of fused-ring (bicyclic) bond motifs is 1. The maximum atomic E-state index is 12.4. The summed E-state index contributed by atoms with van der Waals surface area (Å²) in [5, 5.41) is 10.9. The second-order valence-corrected chi connectivity index (χ2v) is 4.69. The highest BCUT2D eigenvalue weighted by molar-refractivity contribution is 6.03. The van der Waals surface area contributed by atoms with Gasteiger partial charge in [-0.1, -0.05) is 12.1 Å². The fourth-order valence-corrected chi connectivity index (χ4v) is 2.20. The molecule has 0 saturated heterocycles. The van der Waals surface area contributed by atoms with E-state index in [2.05, 4.69) is 10.4 Å². The summed E-state index contributed by atoms with van der Waals surface area (Å²) in [5.41, 5.74) is 3.95. The van der Waals surface area contributed by atoms with Crippen molar-refractivity contribution < 1.29 is 14.5 Å². The van der Waals surface area contributed by atoms with Crippen LogP contribution in [-0.2, 0) is 0 Å². The molecule has 1 aromatic heterocycles. The van der Waals surface area contributed by atoms with Crippen LogP contribution in [0, 0.1) is 10.1 Å². The van der Waals surface area contributed by atoms with E-state index in [1.807, 2.05) is 18.2 Å². The van der Waals surface area contributed by atoms with Gasteiger partial charge in [0.05, 0.1) is 28.6 Å². The molecule has 8 heteroatoms. The van der Waals surface area contributed by atoms with Crippen LogP contribution in [0.2, 0.25) is 0 Å². The molecule has 0 aliphatic rings. The minimum absolute atomic E-state index is 0.0690. The topological polar surface area (TPSA) is 99.3 Å². The Hall–Kier alpha value is -3.42. The molecule has 0 aliphatic carbocycles. The zero-order valence-corrected chi connectivity index (χ0v) is 12.1. The first-order valence-electron chi connectivity index (χ1n) is 6.66. The van der Waals surface area contributed by atoms with Crippen molar-refractivity contribution in [3.05, 3.63) is 64.5 Å². The quantitative estimate of drug-likeness (QED) is 0.589. The average Bonchev–Trinajstić information content (AvgIpc) is 2.97. The number of non-ortho nitro benzene ring substituents is 1. The molecule has 3 aromatic rings. The average molecular weight is 312 g/mol. The van der Waals surface area contributed by atoms with Crippen LogP contribution in [0.25, 0.3) is 11.0 Å². The van der Waals surface area contributed by atoms with Crippen LogP contribution in [-0.4, -0.2) is 27.6 Å². The lowest BCUT2D eigenvalue weighted by molar-refractivity contribution is -0.384. The van der Waals surface area contributed by atoms with E-state index in [1.165, 1.54) is 36.3 Å². The molecule has 0 spiro atoms. The number of carbonyl (C=O) groups is 1. The summed E-state index contributed by atoms with van der Waals surface area (Å²) in [7, 11) is 1.39. The molecule has 2 aromatic carbocycles. The number of nitro benzene ring substituents is 1. The van der Waals surface area contributed by atoms with Gasteiger partial charge in [0.15, 0.2) is 0 Å². The molecular formula is C15H12N4O4. The van der Waals surface area contributed by atoms with Crippen molar-refractivity contribution in [3.63, 3.8) is 0 Å². The number of nitrogens with one attached hydrogen (secondary N) is 1. The van der Waals surface area contributed by atoms with Crippen LogP contribution in [0.1, 0.15) is 10.4 Å². The predicted octanol–water partition coefficient (Wildman–Crippen LogP) is 2.34. The Morgan fingerprint density at radius 1 is 1.30 bits per heavy atom. The highest BCUT2D eigenvalue weighted by Gasteiger charge is 2.18. The third-order valence-corrected chi connectivity index (χ3v) is 3.31. The molecule has 1 heterocycles. The number of methoxy groups -OCH3 is 1. The molecule has 0 unspecified atom stereocenters. The van der Waals surface area contributed by atoms with Crippen LogP contribution in [0.3, 0.4) is 0 Å². The number of imidazole rings is 1. The number of benzene rings is 2. The van der Waals surface area contributed by atoms with Gasteiger partial charge in [-0.2, -0.15) is 0 Å². The number of ether oxygens (including phenoxy) is 1. The van der Waals surface area contributed by atoms with Crippen LogP contribution < -0.4 is 10.2 Å². The lowest BCUT2D eigenvalue weighted by Crippen LogP contribution is -2.22. The molecule has 0 bridgehead atoms. The maximum Gasteiger partial charge on any atom is 0.274 e. The minimum Gasteiger partial charge on any atom is -0.496 e. The van der Waals surface area contributed by atoms with E-state index in [1.54, 1.807) is 6.07 Å². The van der Waals surface area contributed by atoms with E-state index < -0.39 is 10.8 Å². The van der Waals surface area contributed by atoms with Gasteiger partial charge in [0, 0.05) is 12.1 Å². The second-order valence-electron chi connectivity index (χ2n) is 4.69. The van der Waals surface area contributed by atoms with Crippen LogP contribution in [0.5, 0.6) is 5.75 Å². The van der Waals surface area contributed by atoms with E-state index in [-0.39, 0.29) is 17.0 Å². The van der Waals surface area contributed by atoms with Crippen LogP contribution >= 0.6 is 0 Å². The Labute approximate surface area is 130 Å². The Morgan fingerprint density at radius 3 is 2.83 bits per heavy atom. The molecule has 0 radical (unpaired) electrons. The normalized spacial score (nSPS) is 10.5. The van der Waals surface area contributed by atoms with Crippen molar-refractivity contribution in [1.82, 2.24) is 9.66 Å².